The summed E-state index contributed by atoms with van der Waals surface area (Å²) in [6.45, 7) is 1.89. The predicted octanol–water partition coefficient (Wildman–Crippen LogP) is 4.46. The Morgan fingerprint density at radius 1 is 1.19 bits per heavy atom. The number of rotatable bonds is 6. The lowest BCUT2D eigenvalue weighted by Crippen LogP contribution is -2.31. The van der Waals surface area contributed by atoms with Gasteiger partial charge in [-0.1, -0.05) is 30.0 Å². The summed E-state index contributed by atoms with van der Waals surface area (Å²) < 4.78 is 28.3. The molecule has 2 aromatic carbocycles. The van der Waals surface area contributed by atoms with Crippen molar-refractivity contribution in [2.24, 2.45) is 0 Å². The van der Waals surface area contributed by atoms with Gasteiger partial charge in [0.05, 0.1) is 17.5 Å². The van der Waals surface area contributed by atoms with E-state index in [0.717, 1.165) is 5.56 Å². The van der Waals surface area contributed by atoms with Crippen LogP contribution >= 0.6 is 11.8 Å². The smallest absolute Gasteiger partial charge is 0.233 e. The molecule has 27 heavy (non-hydrogen) atoms. The van der Waals surface area contributed by atoms with Crippen LogP contribution in [0.1, 0.15) is 18.5 Å². The lowest BCUT2D eigenvalue weighted by atomic mass is 10.1. The molecule has 0 aliphatic carbocycles. The largest absolute Gasteiger partial charge is 0.338 e. The monoisotopic (exact) mass is 387 g/mol. The fourth-order valence-electron chi connectivity index (χ4n) is 2.63. The highest BCUT2D eigenvalue weighted by Gasteiger charge is 2.18. The van der Waals surface area contributed by atoms with Crippen LogP contribution in [-0.2, 0) is 4.79 Å². The van der Waals surface area contributed by atoms with Gasteiger partial charge in [0.15, 0.2) is 5.16 Å². The Morgan fingerprint density at radius 2 is 1.93 bits per heavy atom. The molecule has 0 aliphatic heterocycles. The fourth-order valence-corrected chi connectivity index (χ4v) is 3.52. The zero-order chi connectivity index (χ0) is 19.4. The molecule has 0 saturated carbocycles. The van der Waals surface area contributed by atoms with Gasteiger partial charge in [-0.05, 0) is 42.8 Å². The topological polar surface area (TPSA) is 38.1 Å². The zero-order valence-corrected chi connectivity index (χ0v) is 15.8. The number of carbonyl (C=O) groups is 1. The van der Waals surface area contributed by atoms with E-state index in [1.54, 1.807) is 53.2 Å². The van der Waals surface area contributed by atoms with Crippen LogP contribution in [-0.4, -0.2) is 33.2 Å². The van der Waals surface area contributed by atoms with Crippen LogP contribution in [0, 0.1) is 11.6 Å². The van der Waals surface area contributed by atoms with Crippen LogP contribution < -0.4 is 0 Å². The van der Waals surface area contributed by atoms with Gasteiger partial charge in [0.1, 0.15) is 11.6 Å². The molecule has 1 unspecified atom stereocenters. The summed E-state index contributed by atoms with van der Waals surface area (Å²) in [5.41, 5.74) is 1.51. The third-order valence-electron chi connectivity index (χ3n) is 4.34. The Morgan fingerprint density at radius 3 is 2.63 bits per heavy atom. The van der Waals surface area contributed by atoms with Crippen LogP contribution in [0.4, 0.5) is 8.78 Å². The molecule has 1 amide bonds. The van der Waals surface area contributed by atoms with E-state index in [4.69, 9.17) is 0 Å². The third kappa shape index (κ3) is 4.54. The molecule has 4 nitrogen and oxygen atoms in total. The first-order valence-corrected chi connectivity index (χ1v) is 9.37. The highest BCUT2D eigenvalue weighted by Crippen LogP contribution is 2.24. The average Bonchev–Trinajstić information content (AvgIpc) is 3.14. The summed E-state index contributed by atoms with van der Waals surface area (Å²) >= 11 is 1.28. The Balaban J connectivity index is 1.66. The van der Waals surface area contributed by atoms with E-state index in [0.29, 0.717) is 10.8 Å². The van der Waals surface area contributed by atoms with Gasteiger partial charge in [-0.15, -0.1) is 0 Å². The van der Waals surface area contributed by atoms with Crippen molar-refractivity contribution in [2.45, 2.75) is 18.1 Å². The third-order valence-corrected chi connectivity index (χ3v) is 5.30. The molecule has 0 spiro atoms. The Hall–Kier alpha value is -2.67. The first kappa shape index (κ1) is 19.1. The summed E-state index contributed by atoms with van der Waals surface area (Å²) in [6, 6.07) is 12.1. The van der Waals surface area contributed by atoms with Crippen molar-refractivity contribution in [1.29, 1.82) is 0 Å². The maximum Gasteiger partial charge on any atom is 0.233 e. The van der Waals surface area contributed by atoms with Crippen molar-refractivity contribution in [3.05, 3.63) is 78.1 Å². The van der Waals surface area contributed by atoms with Gasteiger partial charge < -0.3 is 4.90 Å². The van der Waals surface area contributed by atoms with Crippen molar-refractivity contribution in [2.75, 3.05) is 12.8 Å². The molecule has 1 atom stereocenters. The number of nitrogens with zero attached hydrogens (tertiary/aromatic N) is 3. The van der Waals surface area contributed by atoms with Crippen LogP contribution in [0.25, 0.3) is 5.69 Å². The second-order valence-electron chi connectivity index (χ2n) is 6.08. The molecule has 0 N–H and O–H groups in total. The molecule has 0 saturated heterocycles. The van der Waals surface area contributed by atoms with Crippen molar-refractivity contribution in [3.8, 4) is 5.69 Å². The zero-order valence-electron chi connectivity index (χ0n) is 15.0. The van der Waals surface area contributed by atoms with Crippen molar-refractivity contribution < 1.29 is 13.6 Å². The number of carbonyl (C=O) groups excluding carboxylic acids is 1. The maximum atomic E-state index is 13.5. The van der Waals surface area contributed by atoms with Crippen LogP contribution in [0.15, 0.2) is 66.1 Å². The second kappa shape index (κ2) is 8.35. The fraction of sp³-hybridized carbons (Fsp3) is 0.200. The SMILES string of the molecule is CC(c1ccc(F)cc1)N(C)C(=O)CSc1nccn1-c1cccc(F)c1. The second-order valence-corrected chi connectivity index (χ2v) is 7.02. The van der Waals surface area contributed by atoms with Crippen molar-refractivity contribution in [1.82, 2.24) is 14.5 Å². The Labute approximate surface area is 160 Å². The quantitative estimate of drug-likeness (QED) is 0.586. The summed E-state index contributed by atoms with van der Waals surface area (Å²) in [6.07, 6.45) is 3.34. The molecule has 1 heterocycles. The van der Waals surface area contributed by atoms with E-state index in [1.807, 2.05) is 6.92 Å². The molecule has 3 rings (SSSR count). The number of halogens is 2. The molecule has 3 aromatic rings. The molecular weight excluding hydrogens is 368 g/mol. The van der Waals surface area contributed by atoms with E-state index >= 15 is 0 Å². The minimum Gasteiger partial charge on any atom is -0.338 e. The maximum absolute atomic E-state index is 13.5. The summed E-state index contributed by atoms with van der Waals surface area (Å²) in [5, 5.41) is 0.608. The van der Waals surface area contributed by atoms with Crippen LogP contribution in [0.3, 0.4) is 0 Å². The highest BCUT2D eigenvalue weighted by molar-refractivity contribution is 7.99. The number of thioether (sulfide) groups is 1. The molecular formula is C20H19F2N3OS. The van der Waals surface area contributed by atoms with Crippen LogP contribution in [0.2, 0.25) is 0 Å². The highest BCUT2D eigenvalue weighted by atomic mass is 32.2. The summed E-state index contributed by atoms with van der Waals surface area (Å²) in [5.74, 6) is -0.527. The lowest BCUT2D eigenvalue weighted by Gasteiger charge is -2.25. The van der Waals surface area contributed by atoms with Crippen molar-refractivity contribution >= 4 is 17.7 Å². The molecule has 0 bridgehead atoms. The van der Waals surface area contributed by atoms with Crippen LogP contribution in [0.5, 0.6) is 0 Å². The molecule has 140 valence electrons. The summed E-state index contributed by atoms with van der Waals surface area (Å²) in [7, 11) is 1.72. The van der Waals surface area contributed by atoms with E-state index in [1.165, 1.54) is 36.0 Å². The number of amides is 1. The number of hydrogen-bond acceptors (Lipinski definition) is 3. The first-order valence-electron chi connectivity index (χ1n) is 8.39. The normalized spacial score (nSPS) is 12.0. The molecule has 0 radical (unpaired) electrons. The van der Waals surface area contributed by atoms with Gasteiger partial charge in [-0.2, -0.15) is 0 Å². The van der Waals surface area contributed by atoms with Gasteiger partial charge in [0.25, 0.3) is 0 Å². The average molecular weight is 387 g/mol. The number of imidazole rings is 1. The predicted molar refractivity (Wildman–Crippen MR) is 102 cm³/mol. The summed E-state index contributed by atoms with van der Waals surface area (Å²) in [4.78, 5) is 18.4. The van der Waals surface area contributed by atoms with E-state index in [-0.39, 0.29) is 29.3 Å². The van der Waals surface area contributed by atoms with E-state index < -0.39 is 0 Å². The first-order chi connectivity index (χ1) is 13.0. The number of hydrogen-bond donors (Lipinski definition) is 0. The van der Waals surface area contributed by atoms with Gasteiger partial charge in [-0.3, -0.25) is 9.36 Å². The standard InChI is InChI=1S/C20H19F2N3OS/c1-14(15-6-8-16(21)9-7-15)24(2)19(26)13-27-20-23-10-11-25(20)18-5-3-4-17(22)12-18/h3-12,14H,13H2,1-2H3. The number of benzene rings is 2. The molecule has 7 heteroatoms. The minimum atomic E-state index is -0.332. The van der Waals surface area contributed by atoms with Crippen molar-refractivity contribution in [3.63, 3.8) is 0 Å². The van der Waals surface area contributed by atoms with Gasteiger partial charge in [0, 0.05) is 19.4 Å². The molecule has 1 aromatic heterocycles. The van der Waals surface area contributed by atoms with E-state index in [2.05, 4.69) is 4.98 Å². The van der Waals surface area contributed by atoms with Gasteiger partial charge >= 0.3 is 0 Å². The Bertz CT molecular complexity index is 927. The Kier molecular flexibility index (Phi) is 5.91. The molecule has 0 aliphatic rings. The minimum absolute atomic E-state index is 0.0781. The van der Waals surface area contributed by atoms with E-state index in [9.17, 15) is 13.6 Å². The molecule has 0 fully saturated rings. The van der Waals surface area contributed by atoms with Gasteiger partial charge in [-0.25, -0.2) is 13.8 Å². The lowest BCUT2D eigenvalue weighted by molar-refractivity contribution is -0.128. The van der Waals surface area contributed by atoms with Gasteiger partial charge in [0.2, 0.25) is 5.91 Å². The number of aromatic nitrogens is 2.